The summed E-state index contributed by atoms with van der Waals surface area (Å²) >= 11 is 0. The summed E-state index contributed by atoms with van der Waals surface area (Å²) in [5.74, 6) is -0.953. The Kier molecular flexibility index (Phi) is 3.62. The van der Waals surface area contributed by atoms with E-state index < -0.39 is 17.3 Å². The van der Waals surface area contributed by atoms with Gasteiger partial charge in [-0.1, -0.05) is 60.7 Å². The summed E-state index contributed by atoms with van der Waals surface area (Å²) in [4.78, 5) is 14.7. The second-order valence-electron chi connectivity index (χ2n) is 6.11. The van der Waals surface area contributed by atoms with Gasteiger partial charge in [-0.3, -0.25) is 4.79 Å². The maximum absolute atomic E-state index is 13.9. The molecule has 4 rings (SSSR count). The van der Waals surface area contributed by atoms with E-state index in [-0.39, 0.29) is 5.56 Å². The van der Waals surface area contributed by atoms with Crippen LogP contribution in [0.4, 0.5) is 10.1 Å². The Bertz CT molecular complexity index is 927. The number of halogens is 1. The van der Waals surface area contributed by atoms with Crippen molar-refractivity contribution in [2.75, 3.05) is 4.90 Å². The van der Waals surface area contributed by atoms with Crippen molar-refractivity contribution in [3.63, 3.8) is 0 Å². The number of anilines is 1. The Morgan fingerprint density at radius 1 is 0.920 bits per heavy atom. The highest BCUT2D eigenvalue weighted by atomic mass is 19.1. The van der Waals surface area contributed by atoms with Crippen molar-refractivity contribution < 1.29 is 14.3 Å². The summed E-state index contributed by atoms with van der Waals surface area (Å²) in [7, 11) is 0. The van der Waals surface area contributed by atoms with Crippen LogP contribution >= 0.6 is 0 Å². The number of amides is 1. The van der Waals surface area contributed by atoms with Gasteiger partial charge in [-0.2, -0.15) is 0 Å². The molecule has 0 spiro atoms. The minimum Gasteiger partial charge on any atom is -0.372 e. The van der Waals surface area contributed by atoms with Gasteiger partial charge in [0.05, 0.1) is 12.2 Å². The average Bonchev–Trinajstić information content (AvgIpc) is 2.86. The Morgan fingerprint density at radius 2 is 1.56 bits per heavy atom. The van der Waals surface area contributed by atoms with Gasteiger partial charge in [-0.15, -0.1) is 0 Å². The van der Waals surface area contributed by atoms with Crippen molar-refractivity contribution in [1.82, 2.24) is 0 Å². The smallest absolute Gasteiger partial charge is 0.268 e. The molecule has 0 radical (unpaired) electrons. The highest BCUT2D eigenvalue weighted by Crippen LogP contribution is 2.45. The van der Waals surface area contributed by atoms with E-state index in [9.17, 15) is 14.3 Å². The van der Waals surface area contributed by atoms with E-state index in [1.807, 2.05) is 30.3 Å². The first-order valence-corrected chi connectivity index (χ1v) is 8.04. The molecule has 0 saturated carbocycles. The first kappa shape index (κ1) is 15.5. The molecule has 1 atom stereocenters. The summed E-state index contributed by atoms with van der Waals surface area (Å²) in [6.07, 6.45) is 0. The zero-order chi connectivity index (χ0) is 17.4. The predicted octanol–water partition coefficient (Wildman–Crippen LogP) is 3.61. The molecule has 1 aliphatic heterocycles. The summed E-state index contributed by atoms with van der Waals surface area (Å²) < 4.78 is 13.9. The van der Waals surface area contributed by atoms with Gasteiger partial charge in [0.15, 0.2) is 5.60 Å². The number of rotatable bonds is 3. The van der Waals surface area contributed by atoms with E-state index in [4.69, 9.17) is 0 Å². The second-order valence-corrected chi connectivity index (χ2v) is 6.11. The minimum absolute atomic E-state index is 0.277. The monoisotopic (exact) mass is 333 g/mol. The fourth-order valence-corrected chi connectivity index (χ4v) is 3.33. The van der Waals surface area contributed by atoms with E-state index in [2.05, 4.69) is 0 Å². The maximum atomic E-state index is 13.9. The van der Waals surface area contributed by atoms with E-state index >= 15 is 0 Å². The third kappa shape index (κ3) is 2.42. The second kappa shape index (κ2) is 5.83. The van der Waals surface area contributed by atoms with E-state index in [1.54, 1.807) is 36.4 Å². The number of carbonyl (C=O) groups is 1. The number of fused-ring (bicyclic) bond motifs is 1. The predicted molar refractivity (Wildman–Crippen MR) is 93.5 cm³/mol. The molecule has 1 amide bonds. The Morgan fingerprint density at radius 3 is 2.24 bits per heavy atom. The SMILES string of the molecule is O=C1N(Cc2ccccc2)c2ccc(F)cc2[C@]1(O)c1ccccc1. The zero-order valence-electron chi connectivity index (χ0n) is 13.4. The van der Waals surface area contributed by atoms with Crippen molar-refractivity contribution in [1.29, 1.82) is 0 Å². The van der Waals surface area contributed by atoms with Gasteiger partial charge in [0, 0.05) is 5.56 Å². The molecule has 3 aromatic carbocycles. The third-order valence-electron chi connectivity index (χ3n) is 4.57. The number of benzene rings is 3. The quantitative estimate of drug-likeness (QED) is 0.795. The van der Waals surface area contributed by atoms with Crippen LogP contribution in [0.2, 0.25) is 0 Å². The molecule has 25 heavy (non-hydrogen) atoms. The van der Waals surface area contributed by atoms with Gasteiger partial charge in [-0.25, -0.2) is 4.39 Å². The van der Waals surface area contributed by atoms with Gasteiger partial charge < -0.3 is 10.0 Å². The minimum atomic E-state index is -1.88. The Hall–Kier alpha value is -2.98. The Labute approximate surface area is 145 Å². The van der Waals surface area contributed by atoms with Crippen LogP contribution in [-0.4, -0.2) is 11.0 Å². The van der Waals surface area contributed by atoms with Crippen molar-refractivity contribution in [2.24, 2.45) is 0 Å². The van der Waals surface area contributed by atoms with Crippen molar-refractivity contribution in [3.8, 4) is 0 Å². The normalized spacial score (nSPS) is 19.1. The zero-order valence-corrected chi connectivity index (χ0v) is 13.4. The van der Waals surface area contributed by atoms with Crippen LogP contribution in [0.3, 0.4) is 0 Å². The van der Waals surface area contributed by atoms with E-state index in [1.165, 1.54) is 17.0 Å². The highest BCUT2D eigenvalue weighted by molar-refractivity contribution is 6.09. The maximum Gasteiger partial charge on any atom is 0.268 e. The van der Waals surface area contributed by atoms with Crippen LogP contribution < -0.4 is 4.90 Å². The van der Waals surface area contributed by atoms with Crippen molar-refractivity contribution >= 4 is 11.6 Å². The van der Waals surface area contributed by atoms with Crippen LogP contribution in [0.25, 0.3) is 0 Å². The lowest BCUT2D eigenvalue weighted by Crippen LogP contribution is -2.40. The average molecular weight is 333 g/mol. The molecule has 0 bridgehead atoms. The highest BCUT2D eigenvalue weighted by Gasteiger charge is 2.51. The van der Waals surface area contributed by atoms with E-state index in [0.717, 1.165) is 5.56 Å². The molecule has 1 N–H and O–H groups in total. The molecule has 3 aromatic rings. The van der Waals surface area contributed by atoms with Gasteiger partial charge in [0.25, 0.3) is 5.91 Å². The largest absolute Gasteiger partial charge is 0.372 e. The summed E-state index contributed by atoms with van der Waals surface area (Å²) in [5.41, 5.74) is 0.292. The standard InChI is InChI=1S/C21H16FNO2/c22-17-11-12-19-18(13-17)21(25,16-9-5-2-6-10-16)20(24)23(19)14-15-7-3-1-4-8-15/h1-13,25H,14H2/t21-/m1/s1. The molecule has 0 unspecified atom stereocenters. The molecular formula is C21H16FNO2. The van der Waals surface area contributed by atoms with E-state index in [0.29, 0.717) is 17.8 Å². The number of hydrogen-bond donors (Lipinski definition) is 1. The summed E-state index contributed by atoms with van der Waals surface area (Å²) in [6.45, 7) is 0.313. The lowest BCUT2D eigenvalue weighted by atomic mass is 9.87. The lowest BCUT2D eigenvalue weighted by Gasteiger charge is -2.23. The van der Waals surface area contributed by atoms with Gasteiger partial charge >= 0.3 is 0 Å². The molecule has 124 valence electrons. The molecule has 3 nitrogen and oxygen atoms in total. The van der Waals surface area contributed by atoms with Crippen LogP contribution in [0, 0.1) is 5.82 Å². The number of carbonyl (C=O) groups excluding carboxylic acids is 1. The number of aliphatic hydroxyl groups is 1. The van der Waals surface area contributed by atoms with Gasteiger partial charge in [0.2, 0.25) is 0 Å². The fourth-order valence-electron chi connectivity index (χ4n) is 3.33. The fraction of sp³-hybridized carbons (Fsp3) is 0.0952. The first-order valence-electron chi connectivity index (χ1n) is 8.04. The van der Waals surface area contributed by atoms with Crippen LogP contribution in [0.15, 0.2) is 78.9 Å². The summed E-state index contributed by atoms with van der Waals surface area (Å²) in [6, 6.07) is 22.3. The van der Waals surface area contributed by atoms with Crippen molar-refractivity contribution in [2.45, 2.75) is 12.1 Å². The number of hydrogen-bond acceptors (Lipinski definition) is 2. The molecule has 0 fully saturated rings. The molecule has 4 heteroatoms. The topological polar surface area (TPSA) is 40.5 Å². The summed E-state index contributed by atoms with van der Waals surface area (Å²) in [5, 5.41) is 11.3. The van der Waals surface area contributed by atoms with Crippen LogP contribution in [0.1, 0.15) is 16.7 Å². The number of nitrogens with zero attached hydrogens (tertiary/aromatic N) is 1. The Balaban J connectivity index is 1.86. The van der Waals surface area contributed by atoms with Crippen molar-refractivity contribution in [3.05, 3.63) is 101 Å². The van der Waals surface area contributed by atoms with Crippen LogP contribution in [-0.2, 0) is 16.9 Å². The molecule has 0 saturated heterocycles. The van der Waals surface area contributed by atoms with Gasteiger partial charge in [0.1, 0.15) is 5.82 Å². The molecule has 0 aromatic heterocycles. The molecule has 1 heterocycles. The van der Waals surface area contributed by atoms with Crippen LogP contribution in [0.5, 0.6) is 0 Å². The lowest BCUT2D eigenvalue weighted by molar-refractivity contribution is -0.132. The molecule has 1 aliphatic rings. The third-order valence-corrected chi connectivity index (χ3v) is 4.57. The van der Waals surface area contributed by atoms with Gasteiger partial charge in [-0.05, 0) is 29.3 Å². The molecular weight excluding hydrogens is 317 g/mol. The molecule has 0 aliphatic carbocycles. The first-order chi connectivity index (χ1) is 12.1.